The first kappa shape index (κ1) is 124. The molecule has 23 heteroatoms. The van der Waals surface area contributed by atoms with Gasteiger partial charge in [0.2, 0.25) is 0 Å². The smallest absolute Gasteiger partial charge is 0.490 e. The fraction of sp³-hybridized carbons (Fsp3) is 0.451. The number of ether oxygens (including phenoxy) is 4. The number of Topliss-reactive ketones (excluding diaryl/α,β-unsaturated/α-hetero) is 3. The van der Waals surface area contributed by atoms with Gasteiger partial charge in [-0.15, -0.1) is 27.7 Å². The molecule has 16 nitrogen and oxygen atoms in total. The fourth-order valence-electron chi connectivity index (χ4n) is 16.9. The minimum Gasteiger partial charge on any atom is -0.490 e. The zero-order chi connectivity index (χ0) is 101. The van der Waals surface area contributed by atoms with Crippen LogP contribution in [0.25, 0.3) is 0 Å². The summed E-state index contributed by atoms with van der Waals surface area (Å²) in [6.45, 7) is 65.5. The van der Waals surface area contributed by atoms with Crippen molar-refractivity contribution >= 4 is 124 Å². The van der Waals surface area contributed by atoms with Crippen LogP contribution < -0.4 is 84.2 Å². The average Bonchev–Trinajstić information content (AvgIpc) is 1.24. The third kappa shape index (κ3) is 34.5. The molecule has 3 aliphatic rings. The third-order valence-electron chi connectivity index (χ3n) is 24.0. The first-order valence-electron chi connectivity index (χ1n) is 47.1. The summed E-state index contributed by atoms with van der Waals surface area (Å²) in [6, 6.07) is 69.9. The molecule has 3 heterocycles. The predicted octanol–water partition coefficient (Wildman–Crippen LogP) is 18.9. The molecule has 0 aromatic heterocycles. The Morgan fingerprint density at radius 1 is 0.412 bits per heavy atom. The van der Waals surface area contributed by atoms with E-state index < -0.39 is 96.5 Å². The second kappa shape index (κ2) is 58.9. The van der Waals surface area contributed by atoms with Gasteiger partial charge < -0.3 is 42.9 Å². The van der Waals surface area contributed by atoms with Crippen molar-refractivity contribution in [3.8, 4) is 5.75 Å². The minimum absolute atomic E-state index is 0. The van der Waals surface area contributed by atoms with E-state index in [-0.39, 0.29) is 83.0 Å². The van der Waals surface area contributed by atoms with Gasteiger partial charge in [-0.25, -0.2) is 51.5 Å². The van der Waals surface area contributed by atoms with E-state index in [1.807, 2.05) is 230 Å². The molecule has 3 saturated heterocycles. The Labute approximate surface area is 863 Å². The molecule has 0 aliphatic carbocycles. The molecule has 7 aromatic rings. The largest absolute Gasteiger partial charge is 1.00 e. The van der Waals surface area contributed by atoms with Crippen molar-refractivity contribution < 1.29 is 98.7 Å². The van der Waals surface area contributed by atoms with Crippen molar-refractivity contribution in [3.63, 3.8) is 0 Å². The number of hydrogen-bond donors (Lipinski definition) is 2. The summed E-state index contributed by atoms with van der Waals surface area (Å²) in [5, 5.41) is 13.5. The number of allylic oxidation sites excluding steroid dienone is 11. The SMILES string of the molecule is CC(C)=CCBr.CC(C)=CCOc1ccccc1.CC[C@@H](O[Si](c1ccccc1)(c1ccccc1)C(C)(C)C)[C@@]1(C)OC(=O)N(CCCCBr)[C@@H]1C(=O)CC=C(C)C.CC[C@@H](O[Si](c1ccccc1)(c1ccccc1)C(C)(C)C)[C@@]1(C)OC(=O)N[C@@H]1C(=O)CC=C(C)C.CC[C@@H](O[Si](c1ccccc1)(c1ccccc1)C(C)(C)C)[C@@]1(C)OC(=O)N[C@@H]1C(C)=O.[CH2-]C=C(C)C.[CH2-]C=C(C)C.[Li+].[Li+]. The van der Waals surface area contributed by atoms with E-state index in [0.29, 0.717) is 32.4 Å². The van der Waals surface area contributed by atoms with Crippen LogP contribution in [0.1, 0.15) is 239 Å². The van der Waals surface area contributed by atoms with Gasteiger partial charge in [-0.3, -0.25) is 19.3 Å². The molecular formula is C113H159Br2Li2N3O13Si3. The topological polar surface area (TPSA) is 194 Å². The normalized spacial score (nSPS) is 18.2. The van der Waals surface area contributed by atoms with E-state index in [9.17, 15) is 28.8 Å². The molecule has 0 unspecified atom stereocenters. The van der Waals surface area contributed by atoms with E-state index in [4.69, 9.17) is 32.2 Å². The number of nitrogens with one attached hydrogen (secondary N) is 2. The molecule has 3 aliphatic heterocycles. The van der Waals surface area contributed by atoms with Crippen molar-refractivity contribution in [1.82, 2.24) is 15.5 Å². The van der Waals surface area contributed by atoms with E-state index >= 15 is 0 Å². The summed E-state index contributed by atoms with van der Waals surface area (Å²) in [4.78, 5) is 79.3. The van der Waals surface area contributed by atoms with E-state index in [1.165, 1.54) is 29.2 Å². The zero-order valence-electron chi connectivity index (χ0n) is 87.8. The number of para-hydroxylation sites is 1. The number of nitrogens with zero attached hydrogens (tertiary/aromatic N) is 1. The number of benzene rings is 7. The molecule has 0 radical (unpaired) electrons. The Morgan fingerprint density at radius 3 is 0.949 bits per heavy atom. The van der Waals surface area contributed by atoms with Crippen molar-refractivity contribution in [1.29, 1.82) is 0 Å². The van der Waals surface area contributed by atoms with Gasteiger partial charge in [0.25, 0.3) is 25.0 Å². The molecule has 0 saturated carbocycles. The number of halogens is 2. The van der Waals surface area contributed by atoms with Gasteiger partial charge in [0.15, 0.2) is 34.2 Å². The van der Waals surface area contributed by atoms with Crippen molar-refractivity contribution in [2.75, 3.05) is 23.8 Å². The Morgan fingerprint density at radius 2 is 0.691 bits per heavy atom. The van der Waals surface area contributed by atoms with Gasteiger partial charge in [0.1, 0.15) is 30.5 Å². The first-order valence-corrected chi connectivity index (χ1v) is 55.1. The second-order valence-corrected chi connectivity index (χ2v) is 53.5. The Hall–Kier alpha value is -7.97. The van der Waals surface area contributed by atoms with Crippen LogP contribution in [0.3, 0.4) is 0 Å². The first-order chi connectivity index (χ1) is 63.0. The number of ketones is 3. The number of alkyl halides is 2. The number of unbranched alkanes of at least 4 members (excludes halogenated alkanes) is 1. The molecule has 10 rings (SSSR count). The summed E-state index contributed by atoms with van der Waals surface area (Å²) in [5.74, 6) is 0.690. The predicted molar refractivity (Wildman–Crippen MR) is 573 cm³/mol. The van der Waals surface area contributed by atoms with Gasteiger partial charge in [-0.2, -0.15) is 0 Å². The number of carbonyl (C=O) groups excluding carboxylic acids is 6. The van der Waals surface area contributed by atoms with E-state index in [2.05, 4.69) is 262 Å². The fourth-order valence-corrected chi connectivity index (χ4v) is 32.5. The Bertz CT molecular complexity index is 4810. The Balaban J connectivity index is 0.000000600. The van der Waals surface area contributed by atoms with Gasteiger partial charge in [-0.1, -0.05) is 356 Å². The van der Waals surface area contributed by atoms with Crippen molar-refractivity contribution in [2.24, 2.45) is 0 Å². The van der Waals surface area contributed by atoms with Crippen LogP contribution in [-0.4, -0.2) is 143 Å². The molecule has 732 valence electrons. The summed E-state index contributed by atoms with van der Waals surface area (Å²) in [7, 11) is -8.74. The van der Waals surface area contributed by atoms with Gasteiger partial charge in [0.05, 0.1) is 18.3 Å². The van der Waals surface area contributed by atoms with Crippen LogP contribution in [0.2, 0.25) is 15.1 Å². The zero-order valence-corrected chi connectivity index (χ0v) is 94.0. The monoisotopic (exact) mass is 2020 g/mol. The summed E-state index contributed by atoms with van der Waals surface area (Å²) < 4.78 is 45.3. The molecule has 3 fully saturated rings. The van der Waals surface area contributed by atoms with Crippen LogP contribution in [0.4, 0.5) is 14.4 Å². The summed E-state index contributed by atoms with van der Waals surface area (Å²) >= 11 is 6.76. The molecule has 136 heavy (non-hydrogen) atoms. The van der Waals surface area contributed by atoms with Gasteiger partial charge >= 0.3 is 56.0 Å². The van der Waals surface area contributed by atoms with E-state index in [1.54, 1.807) is 4.90 Å². The molecule has 0 bridgehead atoms. The Kier molecular flexibility index (Phi) is 53.8. The van der Waals surface area contributed by atoms with Crippen LogP contribution in [0, 0.1) is 13.8 Å². The van der Waals surface area contributed by atoms with Gasteiger partial charge in [0, 0.05) is 30.0 Å². The summed E-state index contributed by atoms with van der Waals surface area (Å²) in [6.07, 6.45) is 12.6. The summed E-state index contributed by atoms with van der Waals surface area (Å²) in [5.41, 5.74) is 3.95. The molecule has 9 atom stereocenters. The maximum Gasteiger partial charge on any atom is 1.00 e. The maximum absolute atomic E-state index is 13.9. The third-order valence-corrected chi connectivity index (χ3v) is 40.0. The van der Waals surface area contributed by atoms with Gasteiger partial charge in [-0.05, 0) is 180 Å². The average molecular weight is 2030 g/mol. The number of rotatable bonds is 33. The van der Waals surface area contributed by atoms with Crippen LogP contribution in [-0.2, 0) is 41.9 Å². The van der Waals surface area contributed by atoms with Crippen LogP contribution >= 0.6 is 31.9 Å². The van der Waals surface area contributed by atoms with Crippen molar-refractivity contribution in [2.45, 2.75) is 307 Å². The minimum atomic E-state index is -2.96. The number of amides is 3. The molecule has 2 N–H and O–H groups in total. The van der Waals surface area contributed by atoms with Crippen LogP contribution in [0.5, 0.6) is 5.75 Å². The van der Waals surface area contributed by atoms with Crippen LogP contribution in [0.15, 0.2) is 282 Å². The molecule has 3 amide bonds. The molecule has 0 spiro atoms. The van der Waals surface area contributed by atoms with E-state index in [0.717, 1.165) is 71.5 Å². The quantitative estimate of drug-likeness (QED) is 0.00986. The number of alkyl carbamates (subject to hydrolysis) is 2. The standard InChI is InChI=1S/C33H46BrNO4Si.C29H39NO4Si.C25H33NO4Si.C11H14O.C5H9Br.2C5H9.2Li/c1-8-29(33(7)30(28(36)22-21-25(2)3)35(31(37)38-33)24-16-15-23-34)39-40(32(4,5)6,26-17-11-9-12-18-26)27-19-13-10-14-20-27;1-8-25(29(7)26(30-27(32)33-29)24(31)20-19-21(2)3)34-35(28(4,5)6,22-15-11-9-12-16-22)23-17-13-10-14-18-23;1-7-21(25(6)22(18(2)27)26-23(28)29-25)30-31(24(3,4)5,19-14-10-8-11-15-19)20-16-12-9-13-17-20;1-10(2)8-9-12-11-6-4-3-5-7-11;1-5(2)3-4-6;2*1-4-5(2)3;;/h9-14,17-21,29-30H,8,15-16,22-24H2,1-7H3;9-19,25-26H,8,20H2,1-7H3,(H,30,32);8-17,21-22H,7H2,1-6H3,(H,26,28);3-8H,9H2,1-2H3;3H,4H2,1-2H3;2*4H,1H2,2-3H3;;/q;;;;;2*-1;2*+1/t29-,30-,33-;25-,26-,29-;21-,22-,25-;;;;;;/m111....../s1. The number of cyclic esters (lactones) is 3. The van der Waals surface area contributed by atoms with Crippen molar-refractivity contribution in [3.05, 3.63) is 296 Å². The maximum atomic E-state index is 13.9. The molecular weight excluding hydrogens is 1870 g/mol. The number of hydrogen-bond acceptors (Lipinski definition) is 13. The molecule has 7 aromatic carbocycles. The number of carbonyl (C=O) groups is 6. The second-order valence-electron chi connectivity index (χ2n) is 39.3.